The number of carbonyl (C=O) groups is 1. The van der Waals surface area contributed by atoms with Crippen LogP contribution in [0.1, 0.15) is 83.0 Å². The third kappa shape index (κ3) is 3.63. The van der Waals surface area contributed by atoms with Gasteiger partial charge in [0.25, 0.3) is 0 Å². The zero-order valence-corrected chi connectivity index (χ0v) is 16.8. The normalized spacial score (nSPS) is 28.9. The van der Waals surface area contributed by atoms with Crippen molar-refractivity contribution in [3.8, 4) is 5.75 Å². The molecular formula is C23H34O3. The van der Waals surface area contributed by atoms with Crippen LogP contribution in [0.2, 0.25) is 0 Å². The molecule has 2 aliphatic rings. The van der Waals surface area contributed by atoms with Gasteiger partial charge in [0, 0.05) is 5.92 Å². The smallest absolute Gasteiger partial charge is 0.338 e. The van der Waals surface area contributed by atoms with E-state index in [4.69, 9.17) is 9.47 Å². The molecule has 0 aromatic heterocycles. The summed E-state index contributed by atoms with van der Waals surface area (Å²) in [6, 6.07) is 7.40. The van der Waals surface area contributed by atoms with Crippen molar-refractivity contribution in [1.29, 1.82) is 0 Å². The van der Waals surface area contributed by atoms with Crippen LogP contribution in [0.5, 0.6) is 5.75 Å². The van der Waals surface area contributed by atoms with Gasteiger partial charge in [0.1, 0.15) is 11.9 Å². The summed E-state index contributed by atoms with van der Waals surface area (Å²) < 4.78 is 11.7. The number of unbranched alkanes of at least 4 members (excludes halogenated alkanes) is 3. The SMILES string of the molecule is CCCCCCOc1ccc(C(=O)O[C@@H]2C[C@]3(C)CC[C@H]2C3(C)C)cc1. The molecule has 2 bridgehead atoms. The Labute approximate surface area is 158 Å². The first kappa shape index (κ1) is 19.3. The molecule has 0 spiro atoms. The van der Waals surface area contributed by atoms with E-state index in [2.05, 4.69) is 27.7 Å². The first-order chi connectivity index (χ1) is 12.4. The lowest BCUT2D eigenvalue weighted by Crippen LogP contribution is -2.28. The van der Waals surface area contributed by atoms with Crippen molar-refractivity contribution in [2.24, 2.45) is 16.7 Å². The summed E-state index contributed by atoms with van der Waals surface area (Å²) in [5, 5.41) is 0. The van der Waals surface area contributed by atoms with Crippen LogP contribution < -0.4 is 4.74 Å². The fraction of sp³-hybridized carbons (Fsp3) is 0.696. The Bertz CT molecular complexity index is 616. The van der Waals surface area contributed by atoms with Crippen LogP contribution in [-0.4, -0.2) is 18.7 Å². The van der Waals surface area contributed by atoms with Crippen LogP contribution in [-0.2, 0) is 4.74 Å². The number of hydrogen-bond donors (Lipinski definition) is 0. The number of carbonyl (C=O) groups excluding carboxylic acids is 1. The summed E-state index contributed by atoms with van der Waals surface area (Å²) in [7, 11) is 0. The van der Waals surface area contributed by atoms with Gasteiger partial charge < -0.3 is 9.47 Å². The van der Waals surface area contributed by atoms with E-state index in [-0.39, 0.29) is 17.5 Å². The van der Waals surface area contributed by atoms with Gasteiger partial charge >= 0.3 is 5.97 Å². The predicted octanol–water partition coefficient (Wildman–Crippen LogP) is 6.02. The average molecular weight is 359 g/mol. The minimum absolute atomic E-state index is 0.0609. The summed E-state index contributed by atoms with van der Waals surface area (Å²) in [5.74, 6) is 1.12. The summed E-state index contributed by atoms with van der Waals surface area (Å²) in [5.41, 5.74) is 1.18. The maximum atomic E-state index is 12.6. The highest BCUT2D eigenvalue weighted by Gasteiger charge is 2.61. The van der Waals surface area contributed by atoms with Gasteiger partial charge in [0.15, 0.2) is 0 Å². The first-order valence-corrected chi connectivity index (χ1v) is 10.3. The number of esters is 1. The van der Waals surface area contributed by atoms with E-state index in [0.717, 1.165) is 25.2 Å². The third-order valence-electron chi connectivity index (χ3n) is 7.21. The molecule has 0 radical (unpaired) electrons. The molecule has 26 heavy (non-hydrogen) atoms. The molecule has 2 fully saturated rings. The quantitative estimate of drug-likeness (QED) is 0.421. The second-order valence-corrected chi connectivity index (χ2v) is 9.01. The highest BCUT2D eigenvalue weighted by atomic mass is 16.5. The van der Waals surface area contributed by atoms with Crippen molar-refractivity contribution in [3.63, 3.8) is 0 Å². The van der Waals surface area contributed by atoms with Crippen LogP contribution in [0, 0.1) is 16.7 Å². The van der Waals surface area contributed by atoms with Crippen LogP contribution in [0.15, 0.2) is 24.3 Å². The highest BCUT2D eigenvalue weighted by molar-refractivity contribution is 5.89. The molecule has 144 valence electrons. The van der Waals surface area contributed by atoms with Gasteiger partial charge in [0.05, 0.1) is 12.2 Å². The van der Waals surface area contributed by atoms with Gasteiger partial charge in [0.2, 0.25) is 0 Å². The molecule has 2 aliphatic carbocycles. The Morgan fingerprint density at radius 1 is 1.12 bits per heavy atom. The number of rotatable bonds is 8. The van der Waals surface area contributed by atoms with Gasteiger partial charge in [-0.3, -0.25) is 0 Å². The largest absolute Gasteiger partial charge is 0.494 e. The van der Waals surface area contributed by atoms with E-state index in [1.165, 1.54) is 32.1 Å². The van der Waals surface area contributed by atoms with Gasteiger partial charge in [-0.05, 0) is 60.8 Å². The molecule has 3 atom stereocenters. The molecule has 3 nitrogen and oxygen atoms in total. The van der Waals surface area contributed by atoms with Crippen LogP contribution in [0.3, 0.4) is 0 Å². The molecule has 3 rings (SSSR count). The van der Waals surface area contributed by atoms with Crippen LogP contribution >= 0.6 is 0 Å². The summed E-state index contributed by atoms with van der Waals surface area (Å²) in [6.45, 7) is 9.97. The van der Waals surface area contributed by atoms with Gasteiger partial charge in [-0.2, -0.15) is 0 Å². The third-order valence-corrected chi connectivity index (χ3v) is 7.21. The lowest BCUT2D eigenvalue weighted by molar-refractivity contribution is 0.0103. The topological polar surface area (TPSA) is 35.5 Å². The summed E-state index contributed by atoms with van der Waals surface area (Å²) >= 11 is 0. The van der Waals surface area contributed by atoms with E-state index >= 15 is 0 Å². The first-order valence-electron chi connectivity index (χ1n) is 10.3. The van der Waals surface area contributed by atoms with Crippen molar-refractivity contribution >= 4 is 5.97 Å². The maximum Gasteiger partial charge on any atom is 0.338 e. The van der Waals surface area contributed by atoms with Crippen LogP contribution in [0.4, 0.5) is 0 Å². The molecule has 1 aromatic carbocycles. The summed E-state index contributed by atoms with van der Waals surface area (Å²) in [4.78, 5) is 12.6. The van der Waals surface area contributed by atoms with Crippen molar-refractivity contribution in [3.05, 3.63) is 29.8 Å². The van der Waals surface area contributed by atoms with Gasteiger partial charge in [-0.25, -0.2) is 4.79 Å². The zero-order chi connectivity index (χ0) is 18.8. The molecular weight excluding hydrogens is 324 g/mol. The number of fused-ring (bicyclic) bond motifs is 2. The Hall–Kier alpha value is -1.51. The zero-order valence-electron chi connectivity index (χ0n) is 16.8. The van der Waals surface area contributed by atoms with E-state index in [1.54, 1.807) is 0 Å². The lowest BCUT2D eigenvalue weighted by Gasteiger charge is -2.33. The minimum atomic E-state index is -0.198. The second kappa shape index (κ2) is 7.62. The Morgan fingerprint density at radius 3 is 2.42 bits per heavy atom. The van der Waals surface area contributed by atoms with E-state index in [0.29, 0.717) is 16.9 Å². The molecule has 0 amide bonds. The average Bonchev–Trinajstić information content (AvgIpc) is 2.94. The molecule has 0 unspecified atom stereocenters. The standard InChI is InChI=1S/C23H34O3/c1-5-6-7-8-15-25-18-11-9-17(10-12-18)21(24)26-20-16-23(4)14-13-19(20)22(23,2)3/h9-12,19-20H,5-8,13-16H2,1-4H3/t19-,20-,23+/m1/s1. The Balaban J connectivity index is 1.51. The number of benzene rings is 1. The Morgan fingerprint density at radius 2 is 1.85 bits per heavy atom. The van der Waals surface area contributed by atoms with E-state index in [9.17, 15) is 4.79 Å². The second-order valence-electron chi connectivity index (χ2n) is 9.01. The minimum Gasteiger partial charge on any atom is -0.494 e. The molecule has 0 heterocycles. The molecule has 0 N–H and O–H groups in total. The number of ether oxygens (including phenoxy) is 2. The van der Waals surface area contributed by atoms with E-state index in [1.807, 2.05) is 24.3 Å². The molecule has 0 aliphatic heterocycles. The number of hydrogen-bond acceptors (Lipinski definition) is 3. The van der Waals surface area contributed by atoms with Crippen molar-refractivity contribution < 1.29 is 14.3 Å². The molecule has 2 saturated carbocycles. The van der Waals surface area contributed by atoms with Crippen molar-refractivity contribution in [1.82, 2.24) is 0 Å². The van der Waals surface area contributed by atoms with Gasteiger partial charge in [-0.1, -0.05) is 47.0 Å². The van der Waals surface area contributed by atoms with Crippen molar-refractivity contribution in [2.45, 2.75) is 78.7 Å². The Kier molecular flexibility index (Phi) is 5.64. The molecule has 3 heteroatoms. The van der Waals surface area contributed by atoms with E-state index < -0.39 is 0 Å². The van der Waals surface area contributed by atoms with Gasteiger partial charge in [-0.15, -0.1) is 0 Å². The summed E-state index contributed by atoms with van der Waals surface area (Å²) in [6.07, 6.45) is 8.26. The van der Waals surface area contributed by atoms with Crippen LogP contribution in [0.25, 0.3) is 0 Å². The van der Waals surface area contributed by atoms with Crippen molar-refractivity contribution in [2.75, 3.05) is 6.61 Å². The predicted molar refractivity (Wildman–Crippen MR) is 105 cm³/mol. The lowest BCUT2D eigenvalue weighted by atomic mass is 9.71. The molecule has 0 saturated heterocycles. The maximum absolute atomic E-state index is 12.6. The fourth-order valence-electron chi connectivity index (χ4n) is 4.94. The molecule has 1 aromatic rings. The monoisotopic (exact) mass is 358 g/mol. The highest BCUT2D eigenvalue weighted by Crippen LogP contribution is 2.66. The fourth-order valence-corrected chi connectivity index (χ4v) is 4.94.